The largest absolute Gasteiger partial charge is 0.481 e. The number of alkyl halides is 1. The van der Waals surface area contributed by atoms with Crippen LogP contribution in [-0.2, 0) is 9.53 Å². The summed E-state index contributed by atoms with van der Waals surface area (Å²) in [7, 11) is 0. The van der Waals surface area contributed by atoms with Gasteiger partial charge in [-0.2, -0.15) is 0 Å². The molecular formula is C7H12ClNO4. The number of hydrogen-bond acceptors (Lipinski definition) is 3. The lowest BCUT2D eigenvalue weighted by Crippen LogP contribution is -2.32. The van der Waals surface area contributed by atoms with Crippen LogP contribution in [0.15, 0.2) is 0 Å². The minimum Gasteiger partial charge on any atom is -0.481 e. The fraction of sp³-hybridized carbons (Fsp3) is 0.714. The van der Waals surface area contributed by atoms with Crippen LogP contribution < -0.4 is 5.32 Å². The molecule has 0 aromatic heterocycles. The van der Waals surface area contributed by atoms with Gasteiger partial charge in [0.2, 0.25) is 0 Å². The number of alkyl carbamates (subject to hydrolysis) is 1. The van der Waals surface area contributed by atoms with E-state index in [4.69, 9.17) is 16.7 Å². The molecule has 0 heterocycles. The maximum Gasteiger partial charge on any atom is 0.408 e. The standard InChI is InChI=1S/C7H12ClNO4/c1-2-5(6(10)11)3-9-7(12)13-4-8/h5H,2-4H2,1H3,(H,9,12)(H,10,11). The van der Waals surface area contributed by atoms with E-state index in [1.165, 1.54) is 0 Å². The van der Waals surface area contributed by atoms with Crippen LogP contribution in [0.1, 0.15) is 13.3 Å². The molecule has 0 bridgehead atoms. The molecule has 2 N–H and O–H groups in total. The van der Waals surface area contributed by atoms with Gasteiger partial charge in [0.05, 0.1) is 5.92 Å². The molecule has 5 nitrogen and oxygen atoms in total. The van der Waals surface area contributed by atoms with Crippen molar-refractivity contribution in [2.24, 2.45) is 5.92 Å². The Morgan fingerprint density at radius 2 is 2.23 bits per heavy atom. The minimum absolute atomic E-state index is 0.0571. The Morgan fingerprint density at radius 1 is 1.62 bits per heavy atom. The molecule has 0 aliphatic heterocycles. The van der Waals surface area contributed by atoms with Crippen LogP contribution >= 0.6 is 11.6 Å². The average molecular weight is 210 g/mol. The average Bonchev–Trinajstić information content (AvgIpc) is 2.05. The molecule has 0 aliphatic rings. The smallest absolute Gasteiger partial charge is 0.408 e. The zero-order valence-corrected chi connectivity index (χ0v) is 8.00. The Balaban J connectivity index is 3.72. The zero-order valence-electron chi connectivity index (χ0n) is 7.25. The molecule has 76 valence electrons. The van der Waals surface area contributed by atoms with E-state index in [-0.39, 0.29) is 12.6 Å². The van der Waals surface area contributed by atoms with Crippen LogP contribution in [0, 0.1) is 5.92 Å². The molecule has 0 radical (unpaired) electrons. The Kier molecular flexibility index (Phi) is 6.05. The second-order valence-corrected chi connectivity index (χ2v) is 2.58. The summed E-state index contributed by atoms with van der Waals surface area (Å²) in [5.41, 5.74) is 0. The normalized spacial score (nSPS) is 11.8. The highest BCUT2D eigenvalue weighted by atomic mass is 35.5. The van der Waals surface area contributed by atoms with Crippen molar-refractivity contribution in [2.45, 2.75) is 13.3 Å². The highest BCUT2D eigenvalue weighted by Crippen LogP contribution is 2.00. The van der Waals surface area contributed by atoms with Gasteiger partial charge in [0.1, 0.15) is 0 Å². The summed E-state index contributed by atoms with van der Waals surface area (Å²) >= 11 is 5.11. The molecule has 0 saturated carbocycles. The summed E-state index contributed by atoms with van der Waals surface area (Å²) in [6, 6.07) is -0.240. The molecule has 0 aromatic carbocycles. The molecule has 0 aliphatic carbocycles. The van der Waals surface area contributed by atoms with Gasteiger partial charge in [-0.25, -0.2) is 4.79 Å². The minimum atomic E-state index is -0.936. The number of hydrogen-bond donors (Lipinski definition) is 2. The Bertz CT molecular complexity index is 185. The predicted molar refractivity (Wildman–Crippen MR) is 46.6 cm³/mol. The topological polar surface area (TPSA) is 75.6 Å². The molecular weight excluding hydrogens is 198 g/mol. The molecule has 13 heavy (non-hydrogen) atoms. The van der Waals surface area contributed by atoms with Gasteiger partial charge < -0.3 is 15.2 Å². The summed E-state index contributed by atoms with van der Waals surface area (Å²) in [6.07, 6.45) is -0.245. The van der Waals surface area contributed by atoms with E-state index in [2.05, 4.69) is 10.1 Å². The van der Waals surface area contributed by atoms with Gasteiger partial charge in [-0.05, 0) is 6.42 Å². The Labute approximate surface area is 81.0 Å². The van der Waals surface area contributed by atoms with Gasteiger partial charge in [0.25, 0.3) is 0 Å². The summed E-state index contributed by atoms with van der Waals surface area (Å²) in [5.74, 6) is -1.52. The van der Waals surface area contributed by atoms with Crippen molar-refractivity contribution in [3.63, 3.8) is 0 Å². The van der Waals surface area contributed by atoms with Gasteiger partial charge >= 0.3 is 12.1 Å². The lowest BCUT2D eigenvalue weighted by Gasteiger charge is -2.09. The van der Waals surface area contributed by atoms with Gasteiger partial charge in [-0.3, -0.25) is 4.79 Å². The first-order chi connectivity index (χ1) is 6.11. The third kappa shape index (κ3) is 5.30. The number of ether oxygens (including phenoxy) is 1. The molecule has 0 fully saturated rings. The number of amides is 1. The van der Waals surface area contributed by atoms with E-state index in [1.54, 1.807) is 6.92 Å². The third-order valence-electron chi connectivity index (χ3n) is 1.52. The van der Waals surface area contributed by atoms with Gasteiger partial charge in [0, 0.05) is 6.54 Å². The fourth-order valence-electron chi connectivity index (χ4n) is 0.713. The molecule has 1 atom stereocenters. The van der Waals surface area contributed by atoms with Crippen LogP contribution in [-0.4, -0.2) is 29.8 Å². The van der Waals surface area contributed by atoms with Crippen molar-refractivity contribution in [3.8, 4) is 0 Å². The second-order valence-electron chi connectivity index (χ2n) is 2.37. The van der Waals surface area contributed by atoms with Gasteiger partial charge in [-0.15, -0.1) is 0 Å². The van der Waals surface area contributed by atoms with Crippen LogP contribution in [0.5, 0.6) is 0 Å². The van der Waals surface area contributed by atoms with Crippen LogP contribution in [0.3, 0.4) is 0 Å². The first-order valence-corrected chi connectivity index (χ1v) is 4.34. The third-order valence-corrected chi connectivity index (χ3v) is 1.63. The van der Waals surface area contributed by atoms with Crippen molar-refractivity contribution >= 4 is 23.7 Å². The lowest BCUT2D eigenvalue weighted by molar-refractivity contribution is -0.141. The summed E-state index contributed by atoms with van der Waals surface area (Å²) in [6.45, 7) is 1.79. The van der Waals surface area contributed by atoms with Crippen molar-refractivity contribution in [1.82, 2.24) is 5.32 Å². The molecule has 0 saturated heterocycles. The van der Waals surface area contributed by atoms with Gasteiger partial charge in [-0.1, -0.05) is 18.5 Å². The SMILES string of the molecule is CCC(CNC(=O)OCCl)C(=O)O. The van der Waals surface area contributed by atoms with Crippen LogP contribution in [0.2, 0.25) is 0 Å². The molecule has 0 rings (SSSR count). The number of carbonyl (C=O) groups is 2. The van der Waals surface area contributed by atoms with Crippen molar-refractivity contribution in [1.29, 1.82) is 0 Å². The van der Waals surface area contributed by atoms with Crippen LogP contribution in [0.25, 0.3) is 0 Å². The van der Waals surface area contributed by atoms with E-state index in [0.29, 0.717) is 6.42 Å². The predicted octanol–water partition coefficient (Wildman–Crippen LogP) is 1.02. The molecule has 6 heteroatoms. The number of rotatable bonds is 5. The molecule has 0 spiro atoms. The number of carbonyl (C=O) groups excluding carboxylic acids is 1. The summed E-state index contributed by atoms with van der Waals surface area (Å²) < 4.78 is 4.34. The number of nitrogens with one attached hydrogen (secondary N) is 1. The summed E-state index contributed by atoms with van der Waals surface area (Å²) in [5, 5.41) is 10.9. The Morgan fingerprint density at radius 3 is 2.62 bits per heavy atom. The van der Waals surface area contributed by atoms with Gasteiger partial charge in [0.15, 0.2) is 6.07 Å². The lowest BCUT2D eigenvalue weighted by atomic mass is 10.1. The maximum absolute atomic E-state index is 10.7. The van der Waals surface area contributed by atoms with Crippen LogP contribution in [0.4, 0.5) is 4.79 Å². The van der Waals surface area contributed by atoms with E-state index >= 15 is 0 Å². The van der Waals surface area contributed by atoms with E-state index in [9.17, 15) is 9.59 Å². The molecule has 1 unspecified atom stereocenters. The molecule has 1 amide bonds. The van der Waals surface area contributed by atoms with Crippen molar-refractivity contribution in [2.75, 3.05) is 12.6 Å². The summed E-state index contributed by atoms with van der Waals surface area (Å²) in [4.78, 5) is 21.2. The van der Waals surface area contributed by atoms with Crippen molar-refractivity contribution < 1.29 is 19.4 Å². The number of carboxylic acids is 1. The monoisotopic (exact) mass is 209 g/mol. The fourth-order valence-corrected chi connectivity index (χ4v) is 0.812. The van der Waals surface area contributed by atoms with E-state index in [0.717, 1.165) is 0 Å². The highest BCUT2D eigenvalue weighted by Gasteiger charge is 2.15. The molecule has 0 aromatic rings. The van der Waals surface area contributed by atoms with E-state index < -0.39 is 18.0 Å². The number of halogens is 1. The maximum atomic E-state index is 10.7. The number of aliphatic carboxylic acids is 1. The first-order valence-electron chi connectivity index (χ1n) is 3.81. The van der Waals surface area contributed by atoms with Crippen molar-refractivity contribution in [3.05, 3.63) is 0 Å². The number of carboxylic acid groups (broad SMARTS) is 1. The zero-order chi connectivity index (χ0) is 10.3. The second kappa shape index (κ2) is 6.54. The first kappa shape index (κ1) is 12.0. The quantitative estimate of drug-likeness (QED) is 0.663. The Hall–Kier alpha value is -0.970. The highest BCUT2D eigenvalue weighted by molar-refractivity contribution is 6.17. The van der Waals surface area contributed by atoms with E-state index in [1.807, 2.05) is 0 Å².